The van der Waals surface area contributed by atoms with Gasteiger partial charge >= 0.3 is 5.97 Å². The molecule has 0 unspecified atom stereocenters. The van der Waals surface area contributed by atoms with Crippen molar-refractivity contribution in [1.82, 2.24) is 19.2 Å². The lowest BCUT2D eigenvalue weighted by molar-refractivity contribution is -0.139. The smallest absolute Gasteiger partial charge is 0.303 e. The van der Waals surface area contributed by atoms with E-state index in [4.69, 9.17) is 4.74 Å². The van der Waals surface area contributed by atoms with Gasteiger partial charge in [-0.25, -0.2) is 4.52 Å². The van der Waals surface area contributed by atoms with E-state index in [2.05, 4.69) is 23.1 Å². The van der Waals surface area contributed by atoms with Crippen molar-refractivity contribution >= 4 is 11.7 Å². The SMILES string of the molecule is CCCc1c(Cc2ccc(-c3ccccc3)c(C#N)c2)c(=O)n(C2CCC(CCC(=O)O)(OC)CC2)c2ncnn12. The Morgan fingerprint density at radius 3 is 2.61 bits per heavy atom. The Morgan fingerprint density at radius 1 is 1.20 bits per heavy atom. The second-order valence-corrected chi connectivity index (χ2v) is 10.9. The van der Waals surface area contributed by atoms with Crippen molar-refractivity contribution in [2.45, 2.75) is 76.4 Å². The van der Waals surface area contributed by atoms with Crippen LogP contribution < -0.4 is 5.56 Å². The Balaban J connectivity index is 1.53. The summed E-state index contributed by atoms with van der Waals surface area (Å²) in [5.74, 6) is -0.308. The quantitative estimate of drug-likeness (QED) is 0.281. The van der Waals surface area contributed by atoms with Gasteiger partial charge in [0.15, 0.2) is 0 Å². The first kappa shape index (κ1) is 28.2. The van der Waals surface area contributed by atoms with Crippen LogP contribution in [0, 0.1) is 11.3 Å². The predicted octanol–water partition coefficient (Wildman–Crippen LogP) is 5.34. The Bertz CT molecular complexity index is 1640. The minimum Gasteiger partial charge on any atom is -0.481 e. The molecule has 9 nitrogen and oxygen atoms in total. The third-order valence-corrected chi connectivity index (χ3v) is 8.44. The van der Waals surface area contributed by atoms with E-state index in [9.17, 15) is 20.0 Å². The lowest BCUT2D eigenvalue weighted by atomic mass is 9.79. The van der Waals surface area contributed by atoms with Gasteiger partial charge in [-0.2, -0.15) is 15.3 Å². The van der Waals surface area contributed by atoms with Gasteiger partial charge in [0.1, 0.15) is 6.33 Å². The molecular weight excluding hydrogens is 518 g/mol. The van der Waals surface area contributed by atoms with Crippen LogP contribution in [0.5, 0.6) is 0 Å². The number of carboxylic acids is 1. The summed E-state index contributed by atoms with van der Waals surface area (Å²) in [6, 6.07) is 17.9. The van der Waals surface area contributed by atoms with Crippen molar-refractivity contribution < 1.29 is 14.6 Å². The number of aliphatic carboxylic acids is 1. The van der Waals surface area contributed by atoms with E-state index in [1.807, 2.05) is 48.5 Å². The zero-order valence-electron chi connectivity index (χ0n) is 23.5. The predicted molar refractivity (Wildman–Crippen MR) is 155 cm³/mol. The maximum absolute atomic E-state index is 14.3. The number of rotatable bonds is 10. The molecule has 2 aromatic heterocycles. The third-order valence-electron chi connectivity index (χ3n) is 8.44. The molecule has 41 heavy (non-hydrogen) atoms. The number of methoxy groups -OCH3 is 1. The van der Waals surface area contributed by atoms with Crippen LogP contribution in [0.3, 0.4) is 0 Å². The first-order chi connectivity index (χ1) is 19.9. The van der Waals surface area contributed by atoms with Crippen LogP contribution >= 0.6 is 0 Å². The summed E-state index contributed by atoms with van der Waals surface area (Å²) in [6.45, 7) is 2.07. The van der Waals surface area contributed by atoms with Crippen LogP contribution in [0.25, 0.3) is 16.9 Å². The molecule has 0 amide bonds. The Hall–Kier alpha value is -4.29. The van der Waals surface area contributed by atoms with Gasteiger partial charge in [0, 0.05) is 31.6 Å². The van der Waals surface area contributed by atoms with Crippen molar-refractivity contribution in [3.8, 4) is 17.2 Å². The lowest BCUT2D eigenvalue weighted by Crippen LogP contribution is -2.40. The van der Waals surface area contributed by atoms with Crippen molar-refractivity contribution in [1.29, 1.82) is 5.26 Å². The van der Waals surface area contributed by atoms with Gasteiger partial charge in [0.05, 0.1) is 22.9 Å². The molecule has 1 fully saturated rings. The zero-order chi connectivity index (χ0) is 29.0. The first-order valence-corrected chi connectivity index (χ1v) is 14.2. The molecule has 5 rings (SSSR count). The van der Waals surface area contributed by atoms with E-state index in [1.54, 1.807) is 16.2 Å². The second kappa shape index (κ2) is 12.1. The minimum atomic E-state index is -0.836. The maximum atomic E-state index is 14.3. The van der Waals surface area contributed by atoms with Gasteiger partial charge < -0.3 is 9.84 Å². The number of carbonyl (C=O) groups is 1. The van der Waals surface area contributed by atoms with Crippen molar-refractivity contribution in [2.75, 3.05) is 7.11 Å². The molecule has 0 spiro atoms. The highest BCUT2D eigenvalue weighted by atomic mass is 16.5. The van der Waals surface area contributed by atoms with Crippen LogP contribution in [-0.4, -0.2) is 43.0 Å². The van der Waals surface area contributed by atoms with Crippen molar-refractivity contribution in [2.24, 2.45) is 0 Å². The molecule has 2 heterocycles. The van der Waals surface area contributed by atoms with E-state index in [0.717, 1.165) is 28.8 Å². The number of carboxylic acid groups (broad SMARTS) is 1. The first-order valence-electron chi connectivity index (χ1n) is 14.2. The van der Waals surface area contributed by atoms with Crippen LogP contribution in [0.2, 0.25) is 0 Å². The highest BCUT2D eigenvalue weighted by molar-refractivity contribution is 5.71. The molecule has 212 valence electrons. The number of benzene rings is 2. The Kier molecular flexibility index (Phi) is 8.31. The molecule has 0 bridgehead atoms. The molecule has 2 aromatic carbocycles. The molecule has 9 heteroatoms. The molecule has 4 aromatic rings. The van der Waals surface area contributed by atoms with Crippen LogP contribution in [0.15, 0.2) is 59.7 Å². The van der Waals surface area contributed by atoms with E-state index in [1.165, 1.54) is 6.33 Å². The number of nitriles is 1. The van der Waals surface area contributed by atoms with E-state index in [-0.39, 0.29) is 18.0 Å². The molecule has 0 radical (unpaired) electrons. The summed E-state index contributed by atoms with van der Waals surface area (Å²) in [4.78, 5) is 30.0. The third kappa shape index (κ3) is 5.66. The molecular formula is C32H35N5O4. The monoisotopic (exact) mass is 553 g/mol. The molecule has 1 saturated carbocycles. The van der Waals surface area contributed by atoms with Crippen LogP contribution in [0.1, 0.15) is 80.3 Å². The normalized spacial score (nSPS) is 18.8. The number of aryl methyl sites for hydroxylation is 1. The van der Waals surface area contributed by atoms with Crippen LogP contribution in [-0.2, 0) is 22.4 Å². The minimum absolute atomic E-state index is 0.0521. The van der Waals surface area contributed by atoms with Crippen LogP contribution in [0.4, 0.5) is 0 Å². The second-order valence-electron chi connectivity index (χ2n) is 10.9. The summed E-state index contributed by atoms with van der Waals surface area (Å²) in [6.07, 6.45) is 6.54. The van der Waals surface area contributed by atoms with Gasteiger partial charge in [-0.3, -0.25) is 14.2 Å². The topological polar surface area (TPSA) is 123 Å². The maximum Gasteiger partial charge on any atom is 0.303 e. The number of fused-ring (bicyclic) bond motifs is 1. The number of hydrogen-bond donors (Lipinski definition) is 1. The molecule has 0 saturated heterocycles. The Morgan fingerprint density at radius 2 is 1.95 bits per heavy atom. The van der Waals surface area contributed by atoms with Gasteiger partial charge in [0.2, 0.25) is 5.78 Å². The van der Waals surface area contributed by atoms with E-state index < -0.39 is 11.6 Å². The van der Waals surface area contributed by atoms with Gasteiger partial charge in [-0.15, -0.1) is 0 Å². The molecule has 0 atom stereocenters. The lowest BCUT2D eigenvalue weighted by Gasteiger charge is -2.39. The molecule has 0 aliphatic heterocycles. The number of hydrogen-bond acceptors (Lipinski definition) is 6. The average Bonchev–Trinajstić information content (AvgIpc) is 3.48. The fourth-order valence-electron chi connectivity index (χ4n) is 6.22. The summed E-state index contributed by atoms with van der Waals surface area (Å²) in [7, 11) is 1.64. The average molecular weight is 554 g/mol. The zero-order valence-corrected chi connectivity index (χ0v) is 23.5. The summed E-state index contributed by atoms with van der Waals surface area (Å²) in [5.41, 5.74) is 4.21. The van der Waals surface area contributed by atoms with E-state index in [0.29, 0.717) is 61.9 Å². The fourth-order valence-corrected chi connectivity index (χ4v) is 6.22. The Labute approximate surface area is 239 Å². The summed E-state index contributed by atoms with van der Waals surface area (Å²) >= 11 is 0. The number of ether oxygens (including phenoxy) is 1. The standard InChI is InChI=1S/C32H35N5O4/c1-3-7-28-27(19-22-10-11-26(24(18-22)20-33)23-8-5-4-6-9-23)30(40)36(31-34-21-35-37(28)31)25-12-15-32(41-2,16-13-25)17-14-29(38)39/h4-6,8-11,18,21,25H,3,7,12-17,19H2,1-2H3,(H,38,39). The summed E-state index contributed by atoms with van der Waals surface area (Å²) in [5, 5.41) is 23.7. The largest absolute Gasteiger partial charge is 0.481 e. The molecule has 1 aliphatic carbocycles. The summed E-state index contributed by atoms with van der Waals surface area (Å²) < 4.78 is 9.40. The molecule has 1 aliphatic rings. The van der Waals surface area contributed by atoms with E-state index >= 15 is 0 Å². The number of aromatic nitrogens is 4. The number of nitrogens with zero attached hydrogens (tertiary/aromatic N) is 5. The van der Waals surface area contributed by atoms with Gasteiger partial charge in [-0.1, -0.05) is 55.8 Å². The van der Waals surface area contributed by atoms with Crippen molar-refractivity contribution in [3.05, 3.63) is 87.6 Å². The van der Waals surface area contributed by atoms with Crippen molar-refractivity contribution in [3.63, 3.8) is 0 Å². The highest BCUT2D eigenvalue weighted by Crippen LogP contribution is 2.40. The fraction of sp³-hybridized carbons (Fsp3) is 0.406. The molecule has 1 N–H and O–H groups in total. The van der Waals surface area contributed by atoms with Gasteiger partial charge in [0.25, 0.3) is 5.56 Å². The highest BCUT2D eigenvalue weighted by Gasteiger charge is 2.37. The van der Waals surface area contributed by atoms with Gasteiger partial charge in [-0.05, 0) is 61.3 Å².